The molecule has 126 valence electrons. The van der Waals surface area contributed by atoms with E-state index >= 15 is 0 Å². The first-order chi connectivity index (χ1) is 11.7. The number of carbonyl (C=O) groups is 1. The van der Waals surface area contributed by atoms with Crippen LogP contribution in [0.15, 0.2) is 48.8 Å². The van der Waals surface area contributed by atoms with E-state index in [1.807, 2.05) is 36.7 Å². The number of hydrogen-bond donors (Lipinski definition) is 2. The Balaban J connectivity index is 1.47. The second-order valence-electron chi connectivity index (χ2n) is 6.28. The van der Waals surface area contributed by atoms with Gasteiger partial charge in [0, 0.05) is 50.2 Å². The molecular weight excluding hydrogens is 300 g/mol. The molecule has 24 heavy (non-hydrogen) atoms. The van der Waals surface area contributed by atoms with Gasteiger partial charge < -0.3 is 11.1 Å². The van der Waals surface area contributed by atoms with Crippen molar-refractivity contribution in [2.45, 2.75) is 32.0 Å². The fraction of sp³-hybridized carbons (Fsp3) is 0.368. The third kappa shape index (κ3) is 4.40. The van der Waals surface area contributed by atoms with Gasteiger partial charge >= 0.3 is 0 Å². The van der Waals surface area contributed by atoms with E-state index in [0.29, 0.717) is 12.1 Å². The van der Waals surface area contributed by atoms with Crippen LogP contribution >= 0.6 is 0 Å². The maximum atomic E-state index is 12.3. The highest BCUT2D eigenvalue weighted by Gasteiger charge is 2.21. The van der Waals surface area contributed by atoms with Gasteiger partial charge in [0.05, 0.1) is 0 Å². The Bertz CT molecular complexity index is 649. The van der Waals surface area contributed by atoms with Crippen LogP contribution in [0, 0.1) is 0 Å². The number of nitrogens with one attached hydrogen (secondary N) is 1. The van der Waals surface area contributed by atoms with Crippen LogP contribution in [0.2, 0.25) is 0 Å². The zero-order valence-electron chi connectivity index (χ0n) is 13.8. The monoisotopic (exact) mass is 324 g/mol. The molecule has 3 N–H and O–H groups in total. The van der Waals surface area contributed by atoms with Gasteiger partial charge in [0.25, 0.3) is 5.91 Å². The lowest BCUT2D eigenvalue weighted by molar-refractivity contribution is 0.0909. The van der Waals surface area contributed by atoms with Crippen molar-refractivity contribution in [2.24, 2.45) is 5.73 Å². The Morgan fingerprint density at radius 2 is 1.75 bits per heavy atom. The van der Waals surface area contributed by atoms with Crippen molar-refractivity contribution in [1.29, 1.82) is 0 Å². The molecule has 0 bridgehead atoms. The van der Waals surface area contributed by atoms with E-state index in [4.69, 9.17) is 5.73 Å². The fourth-order valence-corrected chi connectivity index (χ4v) is 3.04. The summed E-state index contributed by atoms with van der Waals surface area (Å²) in [6.07, 6.45) is 5.63. The molecule has 3 rings (SSSR count). The number of nitrogens with two attached hydrogens (primary N) is 1. The third-order valence-corrected chi connectivity index (χ3v) is 4.53. The van der Waals surface area contributed by atoms with Crippen molar-refractivity contribution in [3.63, 3.8) is 0 Å². The van der Waals surface area contributed by atoms with Crippen molar-refractivity contribution in [3.8, 4) is 0 Å². The number of piperidine rings is 1. The minimum absolute atomic E-state index is 0.00570. The lowest BCUT2D eigenvalue weighted by Crippen LogP contribution is -2.44. The van der Waals surface area contributed by atoms with E-state index in [9.17, 15) is 4.79 Å². The van der Waals surface area contributed by atoms with E-state index in [0.717, 1.165) is 38.0 Å². The topological polar surface area (TPSA) is 71.2 Å². The first kappa shape index (κ1) is 16.6. The minimum Gasteiger partial charge on any atom is -0.349 e. The molecule has 0 unspecified atom stereocenters. The van der Waals surface area contributed by atoms with Crippen molar-refractivity contribution in [1.82, 2.24) is 15.2 Å². The lowest BCUT2D eigenvalue weighted by Gasteiger charge is -2.32. The number of aromatic nitrogens is 1. The third-order valence-electron chi connectivity index (χ3n) is 4.53. The van der Waals surface area contributed by atoms with Crippen molar-refractivity contribution in [3.05, 3.63) is 65.5 Å². The molecule has 0 aliphatic carbocycles. The van der Waals surface area contributed by atoms with Gasteiger partial charge in [-0.2, -0.15) is 0 Å². The predicted molar refractivity (Wildman–Crippen MR) is 94.3 cm³/mol. The Labute approximate surface area is 142 Å². The first-order valence-electron chi connectivity index (χ1n) is 8.46. The van der Waals surface area contributed by atoms with Crippen molar-refractivity contribution < 1.29 is 4.79 Å². The molecule has 2 aromatic rings. The molecule has 1 aliphatic rings. The van der Waals surface area contributed by atoms with Crippen LogP contribution in [-0.4, -0.2) is 34.9 Å². The second-order valence-corrected chi connectivity index (χ2v) is 6.28. The molecule has 1 fully saturated rings. The number of benzene rings is 1. The normalized spacial score (nSPS) is 16.0. The minimum atomic E-state index is 0.00570. The molecule has 1 aliphatic heterocycles. The predicted octanol–water partition coefficient (Wildman–Crippen LogP) is 1.93. The van der Waals surface area contributed by atoms with Gasteiger partial charge in [0.15, 0.2) is 0 Å². The van der Waals surface area contributed by atoms with Gasteiger partial charge in [-0.05, 0) is 48.2 Å². The van der Waals surface area contributed by atoms with Crippen molar-refractivity contribution >= 4 is 5.91 Å². The van der Waals surface area contributed by atoms with Crippen LogP contribution in [0.25, 0.3) is 0 Å². The van der Waals surface area contributed by atoms with Gasteiger partial charge in [-0.1, -0.05) is 12.1 Å². The van der Waals surface area contributed by atoms with Gasteiger partial charge in [-0.25, -0.2) is 0 Å². The smallest absolute Gasteiger partial charge is 0.251 e. The molecular formula is C19H24N4O. The van der Waals surface area contributed by atoms with Crippen molar-refractivity contribution in [2.75, 3.05) is 13.1 Å². The summed E-state index contributed by atoms with van der Waals surface area (Å²) in [4.78, 5) is 18.8. The number of hydrogen-bond acceptors (Lipinski definition) is 4. The zero-order valence-corrected chi connectivity index (χ0v) is 13.8. The Morgan fingerprint density at radius 1 is 1.08 bits per heavy atom. The highest BCUT2D eigenvalue weighted by atomic mass is 16.1. The number of rotatable bonds is 5. The van der Waals surface area contributed by atoms with E-state index in [2.05, 4.69) is 27.3 Å². The zero-order chi connectivity index (χ0) is 16.8. The van der Waals surface area contributed by atoms with Crippen LogP contribution in [0.4, 0.5) is 0 Å². The molecule has 0 atom stereocenters. The second kappa shape index (κ2) is 8.04. The molecule has 0 saturated carbocycles. The van der Waals surface area contributed by atoms with E-state index in [1.54, 1.807) is 0 Å². The molecule has 5 nitrogen and oxygen atoms in total. The molecule has 1 saturated heterocycles. The summed E-state index contributed by atoms with van der Waals surface area (Å²) in [5, 5.41) is 3.15. The van der Waals surface area contributed by atoms with E-state index in [-0.39, 0.29) is 11.9 Å². The summed E-state index contributed by atoms with van der Waals surface area (Å²) in [5.74, 6) is 0.00570. The molecule has 1 aromatic heterocycles. The number of amides is 1. The molecule has 1 amide bonds. The lowest BCUT2D eigenvalue weighted by atomic mass is 10.0. The molecule has 0 spiro atoms. The molecule has 2 heterocycles. The number of nitrogens with zero attached hydrogens (tertiary/aromatic N) is 2. The highest BCUT2D eigenvalue weighted by Crippen LogP contribution is 2.14. The summed E-state index contributed by atoms with van der Waals surface area (Å²) < 4.78 is 0. The Kier molecular flexibility index (Phi) is 5.56. The van der Waals surface area contributed by atoms with Gasteiger partial charge in [-0.15, -0.1) is 0 Å². The number of likely N-dealkylation sites (tertiary alicyclic amines) is 1. The van der Waals surface area contributed by atoms with Gasteiger partial charge in [0.1, 0.15) is 0 Å². The van der Waals surface area contributed by atoms with Crippen LogP contribution in [0.3, 0.4) is 0 Å². The number of pyridine rings is 1. The van der Waals surface area contributed by atoms with Crippen LogP contribution in [0.5, 0.6) is 0 Å². The quantitative estimate of drug-likeness (QED) is 0.882. The standard InChI is InChI=1S/C19H24N4O/c20-13-15-1-3-17(4-2-15)19(24)22-18-7-11-23(12-8-18)14-16-5-9-21-10-6-16/h1-6,9-10,18H,7-8,11-14,20H2,(H,22,24). The van der Waals surface area contributed by atoms with Crippen LogP contribution < -0.4 is 11.1 Å². The van der Waals surface area contributed by atoms with Gasteiger partial charge in [-0.3, -0.25) is 14.7 Å². The molecule has 1 aromatic carbocycles. The van der Waals surface area contributed by atoms with E-state index < -0.39 is 0 Å². The fourth-order valence-electron chi connectivity index (χ4n) is 3.04. The average Bonchev–Trinajstić information content (AvgIpc) is 2.64. The number of carbonyl (C=O) groups excluding carboxylic acids is 1. The Hall–Kier alpha value is -2.24. The SMILES string of the molecule is NCc1ccc(C(=O)NC2CCN(Cc3ccncc3)CC2)cc1. The van der Waals surface area contributed by atoms with Gasteiger partial charge in [0.2, 0.25) is 0 Å². The molecule has 0 radical (unpaired) electrons. The largest absolute Gasteiger partial charge is 0.349 e. The summed E-state index contributed by atoms with van der Waals surface area (Å²) >= 11 is 0. The average molecular weight is 324 g/mol. The van der Waals surface area contributed by atoms with E-state index in [1.165, 1.54) is 5.56 Å². The summed E-state index contributed by atoms with van der Waals surface area (Å²) in [5.41, 5.74) is 8.61. The summed E-state index contributed by atoms with van der Waals surface area (Å²) in [7, 11) is 0. The first-order valence-corrected chi connectivity index (χ1v) is 8.46. The molecule has 5 heteroatoms. The van der Waals surface area contributed by atoms with Crippen LogP contribution in [0.1, 0.15) is 34.3 Å². The maximum absolute atomic E-state index is 12.3. The maximum Gasteiger partial charge on any atom is 0.251 e. The Morgan fingerprint density at radius 3 is 2.38 bits per heavy atom. The van der Waals surface area contributed by atoms with Crippen LogP contribution in [-0.2, 0) is 13.1 Å². The summed E-state index contributed by atoms with van der Waals surface area (Å²) in [6, 6.07) is 11.9. The highest BCUT2D eigenvalue weighted by molar-refractivity contribution is 5.94. The summed E-state index contributed by atoms with van der Waals surface area (Å²) in [6.45, 7) is 3.44.